The molecule has 0 saturated heterocycles. The van der Waals surface area contributed by atoms with Crippen LogP contribution in [0.1, 0.15) is 26.5 Å². The van der Waals surface area contributed by atoms with Crippen molar-refractivity contribution < 1.29 is 13.5 Å². The number of sulfone groups is 1. The van der Waals surface area contributed by atoms with Crippen LogP contribution < -0.4 is 0 Å². The van der Waals surface area contributed by atoms with Gasteiger partial charge in [0, 0.05) is 5.75 Å². The molecule has 0 aliphatic rings. The summed E-state index contributed by atoms with van der Waals surface area (Å²) < 4.78 is 24.0. The molecule has 1 N–H and O–H groups in total. The number of aryl methyl sites for hydroxylation is 1. The second-order valence-corrected chi connectivity index (χ2v) is 6.63. The van der Waals surface area contributed by atoms with Crippen molar-refractivity contribution in [3.05, 3.63) is 11.9 Å². The van der Waals surface area contributed by atoms with E-state index in [-0.39, 0.29) is 18.1 Å². The Morgan fingerprint density at radius 3 is 2.56 bits per heavy atom. The molecule has 0 radical (unpaired) electrons. The molecule has 0 aromatic carbocycles. The predicted molar refractivity (Wildman–Crippen MR) is 59.6 cm³/mol. The van der Waals surface area contributed by atoms with Crippen LogP contribution in [0.25, 0.3) is 0 Å². The lowest BCUT2D eigenvalue weighted by molar-refractivity contribution is 0.0737. The molecule has 0 fully saturated rings. The van der Waals surface area contributed by atoms with Crippen LogP contribution in [-0.4, -0.2) is 40.0 Å². The van der Waals surface area contributed by atoms with Crippen LogP contribution in [0.4, 0.5) is 0 Å². The van der Waals surface area contributed by atoms with Crippen molar-refractivity contribution in [1.29, 1.82) is 0 Å². The van der Waals surface area contributed by atoms with Crippen LogP contribution in [0.2, 0.25) is 0 Å². The van der Waals surface area contributed by atoms with E-state index in [1.807, 2.05) is 0 Å². The van der Waals surface area contributed by atoms with Gasteiger partial charge in [-0.05, 0) is 13.8 Å². The maximum Gasteiger partial charge on any atom is 0.151 e. The molecule has 1 aromatic rings. The molecule has 0 bridgehead atoms. The minimum absolute atomic E-state index is 0.0398. The van der Waals surface area contributed by atoms with Gasteiger partial charge in [-0.2, -0.15) is 0 Å². The van der Waals surface area contributed by atoms with Crippen molar-refractivity contribution in [2.45, 2.75) is 32.9 Å². The standard InChI is InChI=1S/C9H17N3O3S/c1-4-16(14,15)6-5-12-7-8(10-11-12)9(2,3)13/h7,13H,4-6H2,1-3H3. The SMILES string of the molecule is CCS(=O)(=O)CCn1cc(C(C)(C)O)nn1. The molecule has 1 aromatic heterocycles. The molecule has 1 rings (SSSR count). The summed E-state index contributed by atoms with van der Waals surface area (Å²) in [6, 6.07) is 0. The van der Waals surface area contributed by atoms with Crippen molar-refractivity contribution in [1.82, 2.24) is 15.0 Å². The summed E-state index contributed by atoms with van der Waals surface area (Å²) in [6.45, 7) is 5.08. The quantitative estimate of drug-likeness (QED) is 0.788. The molecule has 0 aliphatic carbocycles. The molecule has 0 saturated carbocycles. The molecule has 0 aliphatic heterocycles. The first-order valence-electron chi connectivity index (χ1n) is 5.08. The highest BCUT2D eigenvalue weighted by Crippen LogP contribution is 2.15. The van der Waals surface area contributed by atoms with Crippen LogP contribution in [0.3, 0.4) is 0 Å². The minimum Gasteiger partial charge on any atom is -0.384 e. The number of rotatable bonds is 5. The van der Waals surface area contributed by atoms with Crippen molar-refractivity contribution in [3.8, 4) is 0 Å². The molecule has 1 heterocycles. The lowest BCUT2D eigenvalue weighted by atomic mass is 10.1. The lowest BCUT2D eigenvalue weighted by Gasteiger charge is -2.11. The Morgan fingerprint density at radius 2 is 2.12 bits per heavy atom. The topological polar surface area (TPSA) is 85.1 Å². The summed E-state index contributed by atoms with van der Waals surface area (Å²) in [5.41, 5.74) is -0.622. The van der Waals surface area contributed by atoms with Crippen LogP contribution in [-0.2, 0) is 22.0 Å². The third kappa shape index (κ3) is 3.57. The van der Waals surface area contributed by atoms with Crippen molar-refractivity contribution in [2.75, 3.05) is 11.5 Å². The Balaban J connectivity index is 2.67. The molecule has 92 valence electrons. The average molecular weight is 247 g/mol. The first kappa shape index (κ1) is 13.1. The zero-order valence-electron chi connectivity index (χ0n) is 9.71. The fourth-order valence-corrected chi connectivity index (χ4v) is 1.82. The van der Waals surface area contributed by atoms with E-state index >= 15 is 0 Å². The van der Waals surface area contributed by atoms with Crippen molar-refractivity contribution in [3.63, 3.8) is 0 Å². The number of aromatic nitrogens is 3. The van der Waals surface area contributed by atoms with Gasteiger partial charge in [0.25, 0.3) is 0 Å². The molecular formula is C9H17N3O3S. The summed E-state index contributed by atoms with van der Waals surface area (Å²) in [5, 5.41) is 17.2. The van der Waals surface area contributed by atoms with Gasteiger partial charge in [-0.25, -0.2) is 8.42 Å². The zero-order chi connectivity index (χ0) is 12.4. The summed E-state index contributed by atoms with van der Waals surface area (Å²) >= 11 is 0. The van der Waals surface area contributed by atoms with Gasteiger partial charge in [-0.3, -0.25) is 4.68 Å². The molecule has 0 unspecified atom stereocenters. The number of hydrogen-bond donors (Lipinski definition) is 1. The minimum atomic E-state index is -3.00. The van der Waals surface area contributed by atoms with Gasteiger partial charge in [0.05, 0.1) is 18.5 Å². The monoisotopic (exact) mass is 247 g/mol. The Labute approximate surface area is 95.2 Å². The fourth-order valence-electron chi connectivity index (χ4n) is 1.06. The normalized spacial score (nSPS) is 13.0. The van der Waals surface area contributed by atoms with E-state index in [1.54, 1.807) is 27.0 Å². The van der Waals surface area contributed by atoms with E-state index in [0.717, 1.165) is 0 Å². The molecule has 0 amide bonds. The Kier molecular flexibility index (Phi) is 3.69. The van der Waals surface area contributed by atoms with Crippen LogP contribution in [0.15, 0.2) is 6.20 Å². The van der Waals surface area contributed by atoms with Gasteiger partial charge < -0.3 is 5.11 Å². The summed E-state index contributed by atoms with van der Waals surface area (Å²) in [4.78, 5) is 0. The van der Waals surface area contributed by atoms with Gasteiger partial charge >= 0.3 is 0 Å². The molecule has 0 atom stereocenters. The van der Waals surface area contributed by atoms with Crippen molar-refractivity contribution >= 4 is 9.84 Å². The predicted octanol–water partition coefficient (Wildman–Crippen LogP) is -0.0598. The van der Waals surface area contributed by atoms with Gasteiger partial charge in [-0.15, -0.1) is 5.10 Å². The highest BCUT2D eigenvalue weighted by atomic mass is 32.2. The van der Waals surface area contributed by atoms with E-state index in [0.29, 0.717) is 5.69 Å². The first-order valence-corrected chi connectivity index (χ1v) is 6.90. The molecule has 7 heteroatoms. The zero-order valence-corrected chi connectivity index (χ0v) is 10.5. The van der Waals surface area contributed by atoms with Gasteiger partial charge in [0.1, 0.15) is 11.3 Å². The van der Waals surface area contributed by atoms with Crippen LogP contribution in [0.5, 0.6) is 0 Å². The molecular weight excluding hydrogens is 230 g/mol. The fraction of sp³-hybridized carbons (Fsp3) is 0.778. The second kappa shape index (κ2) is 4.50. The number of nitrogens with zero attached hydrogens (tertiary/aromatic N) is 3. The third-order valence-corrected chi connectivity index (χ3v) is 3.92. The van der Waals surface area contributed by atoms with Crippen LogP contribution in [0, 0.1) is 0 Å². The van der Waals surface area contributed by atoms with Crippen molar-refractivity contribution in [2.24, 2.45) is 0 Å². The van der Waals surface area contributed by atoms with Gasteiger partial charge in [0.15, 0.2) is 9.84 Å². The summed E-state index contributed by atoms with van der Waals surface area (Å²) in [6.07, 6.45) is 1.56. The molecule has 0 spiro atoms. The highest BCUT2D eigenvalue weighted by molar-refractivity contribution is 7.91. The van der Waals surface area contributed by atoms with Gasteiger partial charge in [-0.1, -0.05) is 12.1 Å². The Bertz CT molecular complexity index is 445. The number of aliphatic hydroxyl groups is 1. The smallest absolute Gasteiger partial charge is 0.151 e. The average Bonchev–Trinajstić information content (AvgIpc) is 2.63. The second-order valence-electron chi connectivity index (χ2n) is 4.16. The summed E-state index contributed by atoms with van der Waals surface area (Å²) in [7, 11) is -3.00. The van der Waals surface area contributed by atoms with Crippen LogP contribution >= 0.6 is 0 Å². The van der Waals surface area contributed by atoms with E-state index in [2.05, 4.69) is 10.3 Å². The van der Waals surface area contributed by atoms with E-state index in [4.69, 9.17) is 0 Å². The Hall–Kier alpha value is -0.950. The molecule has 16 heavy (non-hydrogen) atoms. The summed E-state index contributed by atoms with van der Waals surface area (Å²) in [5.74, 6) is 0.165. The van der Waals surface area contributed by atoms with E-state index < -0.39 is 15.4 Å². The lowest BCUT2D eigenvalue weighted by Crippen LogP contribution is -2.16. The maximum absolute atomic E-state index is 11.3. The third-order valence-electron chi connectivity index (χ3n) is 2.24. The largest absolute Gasteiger partial charge is 0.384 e. The van der Waals surface area contributed by atoms with E-state index in [1.165, 1.54) is 4.68 Å². The number of hydrogen-bond acceptors (Lipinski definition) is 5. The van der Waals surface area contributed by atoms with Gasteiger partial charge in [0.2, 0.25) is 0 Å². The van der Waals surface area contributed by atoms with E-state index in [9.17, 15) is 13.5 Å². The first-order chi connectivity index (χ1) is 7.24. The maximum atomic E-state index is 11.3. The highest BCUT2D eigenvalue weighted by Gasteiger charge is 2.20. The Morgan fingerprint density at radius 1 is 1.50 bits per heavy atom. The molecule has 6 nitrogen and oxygen atoms in total.